The SMILES string of the molecule is COc1cc2nccc(Oc3ccc(NC(=O)c4cn(C5CC5)cc(-c5ccc(F)cc5)c4=O)nc3)c2cc1OC. The van der Waals surface area contributed by atoms with E-state index in [0.717, 1.165) is 18.2 Å². The molecule has 0 radical (unpaired) electrons. The van der Waals surface area contributed by atoms with Crippen LogP contribution in [0.3, 0.4) is 0 Å². The van der Waals surface area contributed by atoms with Crippen LogP contribution in [0.15, 0.2) is 84.2 Å². The number of methoxy groups -OCH3 is 2. The molecule has 0 unspecified atom stereocenters. The van der Waals surface area contributed by atoms with E-state index in [4.69, 9.17) is 14.2 Å². The van der Waals surface area contributed by atoms with E-state index >= 15 is 0 Å². The molecule has 9 nitrogen and oxygen atoms in total. The third-order valence-corrected chi connectivity index (χ3v) is 6.83. The summed E-state index contributed by atoms with van der Waals surface area (Å²) < 4.78 is 32.2. The molecule has 5 aromatic rings. The van der Waals surface area contributed by atoms with E-state index in [0.29, 0.717) is 39.6 Å². The van der Waals surface area contributed by atoms with Crippen molar-refractivity contribution in [3.05, 3.63) is 101 Å². The molecule has 206 valence electrons. The summed E-state index contributed by atoms with van der Waals surface area (Å²) in [4.78, 5) is 35.2. The Morgan fingerprint density at radius 2 is 1.71 bits per heavy atom. The number of carbonyl (C=O) groups is 1. The third kappa shape index (κ3) is 5.31. The molecule has 1 aliphatic carbocycles. The number of halogens is 1. The lowest BCUT2D eigenvalue weighted by Gasteiger charge is -2.13. The van der Waals surface area contributed by atoms with Gasteiger partial charge in [0.25, 0.3) is 5.91 Å². The van der Waals surface area contributed by atoms with Gasteiger partial charge in [-0.1, -0.05) is 12.1 Å². The van der Waals surface area contributed by atoms with Crippen molar-refractivity contribution in [1.82, 2.24) is 14.5 Å². The lowest BCUT2D eigenvalue weighted by Crippen LogP contribution is -2.24. The van der Waals surface area contributed by atoms with Gasteiger partial charge in [0, 0.05) is 41.6 Å². The minimum absolute atomic E-state index is 0.0199. The standard InChI is InChI=1S/C31H25FN4O5/c1-39-27-13-22-25(14-28(27)40-2)33-12-11-26(22)41-21-9-10-29(34-15-21)35-31(38)24-17-36(20-7-8-20)16-23(30(24)37)18-3-5-19(32)6-4-18/h3-6,9-17,20H,7-8H2,1-2H3,(H,34,35,38). The maximum Gasteiger partial charge on any atom is 0.262 e. The Balaban J connectivity index is 1.24. The third-order valence-electron chi connectivity index (χ3n) is 6.83. The van der Waals surface area contributed by atoms with Gasteiger partial charge in [-0.3, -0.25) is 14.6 Å². The largest absolute Gasteiger partial charge is 0.493 e. The highest BCUT2D eigenvalue weighted by Crippen LogP contribution is 2.37. The van der Waals surface area contributed by atoms with Crippen LogP contribution in [0, 0.1) is 5.82 Å². The molecule has 1 fully saturated rings. The first-order valence-electron chi connectivity index (χ1n) is 12.9. The summed E-state index contributed by atoms with van der Waals surface area (Å²) in [5.74, 6) is 1.32. The summed E-state index contributed by atoms with van der Waals surface area (Å²) >= 11 is 0. The maximum atomic E-state index is 13.5. The molecule has 3 aromatic heterocycles. The van der Waals surface area contributed by atoms with Gasteiger partial charge in [-0.25, -0.2) is 9.37 Å². The van der Waals surface area contributed by atoms with Crippen LogP contribution in [0.5, 0.6) is 23.0 Å². The van der Waals surface area contributed by atoms with Gasteiger partial charge in [0.15, 0.2) is 11.5 Å². The van der Waals surface area contributed by atoms with Gasteiger partial charge in [0.1, 0.15) is 28.7 Å². The van der Waals surface area contributed by atoms with Crippen molar-refractivity contribution in [3.8, 4) is 34.1 Å². The normalized spacial score (nSPS) is 12.7. The average Bonchev–Trinajstić information content (AvgIpc) is 3.84. The summed E-state index contributed by atoms with van der Waals surface area (Å²) in [5.41, 5.74) is 1.08. The second-order valence-corrected chi connectivity index (χ2v) is 9.57. The molecule has 1 N–H and O–H groups in total. The van der Waals surface area contributed by atoms with Crippen molar-refractivity contribution in [2.45, 2.75) is 18.9 Å². The summed E-state index contributed by atoms with van der Waals surface area (Å²) in [6.07, 6.45) is 8.31. The molecule has 3 heterocycles. The van der Waals surface area contributed by atoms with Crippen molar-refractivity contribution in [2.75, 3.05) is 19.5 Å². The molecular weight excluding hydrogens is 527 g/mol. The molecule has 0 bridgehead atoms. The molecule has 41 heavy (non-hydrogen) atoms. The number of hydrogen-bond acceptors (Lipinski definition) is 7. The highest BCUT2D eigenvalue weighted by atomic mass is 19.1. The first-order chi connectivity index (χ1) is 19.9. The number of pyridine rings is 3. The van der Waals surface area contributed by atoms with Crippen LogP contribution >= 0.6 is 0 Å². The smallest absolute Gasteiger partial charge is 0.262 e. The minimum Gasteiger partial charge on any atom is -0.493 e. The number of nitrogens with one attached hydrogen (secondary N) is 1. The van der Waals surface area contributed by atoms with Gasteiger partial charge in [-0.2, -0.15) is 0 Å². The lowest BCUT2D eigenvalue weighted by atomic mass is 10.0. The van der Waals surface area contributed by atoms with Crippen LogP contribution in [0.25, 0.3) is 22.0 Å². The zero-order valence-corrected chi connectivity index (χ0v) is 22.3. The number of hydrogen-bond donors (Lipinski definition) is 1. The second kappa shape index (κ2) is 10.7. The quantitative estimate of drug-likeness (QED) is 0.252. The molecular formula is C31H25FN4O5. The molecule has 1 saturated carbocycles. The monoisotopic (exact) mass is 552 g/mol. The van der Waals surface area contributed by atoms with E-state index in [1.165, 1.54) is 30.5 Å². The molecule has 0 atom stereocenters. The number of benzene rings is 2. The molecule has 1 amide bonds. The zero-order chi connectivity index (χ0) is 28.5. The molecule has 0 aliphatic heterocycles. The van der Waals surface area contributed by atoms with Gasteiger partial charge in [0.2, 0.25) is 5.43 Å². The van der Waals surface area contributed by atoms with E-state index in [-0.39, 0.29) is 17.4 Å². The van der Waals surface area contributed by atoms with Crippen molar-refractivity contribution >= 4 is 22.6 Å². The fourth-order valence-electron chi connectivity index (χ4n) is 4.54. The van der Waals surface area contributed by atoms with Crippen LogP contribution in [-0.4, -0.2) is 34.7 Å². The van der Waals surface area contributed by atoms with Crippen LogP contribution in [0.4, 0.5) is 10.2 Å². The number of rotatable bonds is 8. The van der Waals surface area contributed by atoms with Gasteiger partial charge >= 0.3 is 0 Å². The lowest BCUT2D eigenvalue weighted by molar-refractivity contribution is 0.102. The van der Waals surface area contributed by atoms with Gasteiger partial charge in [-0.15, -0.1) is 0 Å². The first-order valence-corrected chi connectivity index (χ1v) is 12.9. The number of ether oxygens (including phenoxy) is 3. The highest BCUT2D eigenvalue weighted by Gasteiger charge is 2.26. The van der Waals surface area contributed by atoms with Crippen molar-refractivity contribution in [1.29, 1.82) is 0 Å². The Hall–Kier alpha value is -5.25. The molecule has 10 heteroatoms. The molecule has 2 aromatic carbocycles. The molecule has 1 aliphatic rings. The number of fused-ring (bicyclic) bond motifs is 1. The van der Waals surface area contributed by atoms with E-state index < -0.39 is 17.2 Å². The van der Waals surface area contributed by atoms with Crippen molar-refractivity contribution in [3.63, 3.8) is 0 Å². The fraction of sp³-hybridized carbons (Fsp3) is 0.161. The number of nitrogens with zero attached hydrogens (tertiary/aromatic N) is 3. The number of carbonyl (C=O) groups excluding carboxylic acids is 1. The van der Waals surface area contributed by atoms with Crippen molar-refractivity contribution in [2.24, 2.45) is 0 Å². The summed E-state index contributed by atoms with van der Waals surface area (Å²) in [6.45, 7) is 0. The van der Waals surface area contributed by atoms with Gasteiger partial charge in [0.05, 0.1) is 25.9 Å². The first kappa shape index (κ1) is 26.0. The fourth-order valence-corrected chi connectivity index (χ4v) is 4.54. The van der Waals surface area contributed by atoms with E-state index in [9.17, 15) is 14.0 Å². The van der Waals surface area contributed by atoms with E-state index in [1.54, 1.807) is 63.1 Å². The van der Waals surface area contributed by atoms with E-state index in [1.807, 2.05) is 4.57 Å². The number of aromatic nitrogens is 3. The maximum absolute atomic E-state index is 13.5. The molecule has 6 rings (SSSR count). The summed E-state index contributed by atoms with van der Waals surface area (Å²) in [6, 6.07) is 14.4. The minimum atomic E-state index is -0.587. The van der Waals surface area contributed by atoms with Crippen LogP contribution in [0.2, 0.25) is 0 Å². The van der Waals surface area contributed by atoms with Crippen LogP contribution in [0.1, 0.15) is 29.2 Å². The second-order valence-electron chi connectivity index (χ2n) is 9.57. The predicted octanol–water partition coefficient (Wildman–Crippen LogP) is 5.99. The summed E-state index contributed by atoms with van der Waals surface area (Å²) in [5, 5.41) is 3.42. The summed E-state index contributed by atoms with van der Waals surface area (Å²) in [7, 11) is 3.11. The number of amides is 1. The Kier molecular flexibility index (Phi) is 6.80. The Morgan fingerprint density at radius 1 is 0.951 bits per heavy atom. The Labute approximate surface area is 234 Å². The molecule has 0 spiro atoms. The van der Waals surface area contributed by atoms with E-state index in [2.05, 4.69) is 15.3 Å². The Morgan fingerprint density at radius 3 is 2.39 bits per heavy atom. The van der Waals surface area contributed by atoms with Crippen LogP contribution in [-0.2, 0) is 0 Å². The molecule has 0 saturated heterocycles. The van der Waals surface area contributed by atoms with Gasteiger partial charge in [-0.05, 0) is 54.8 Å². The highest BCUT2D eigenvalue weighted by molar-refractivity contribution is 6.04. The topological polar surface area (TPSA) is 105 Å². The number of anilines is 1. The predicted molar refractivity (Wildman–Crippen MR) is 151 cm³/mol. The van der Waals surface area contributed by atoms with Crippen LogP contribution < -0.4 is 25.0 Å². The average molecular weight is 553 g/mol. The van der Waals surface area contributed by atoms with Crippen molar-refractivity contribution < 1.29 is 23.4 Å². The zero-order valence-electron chi connectivity index (χ0n) is 22.3. The Bertz CT molecular complexity index is 1820. The van der Waals surface area contributed by atoms with Gasteiger partial charge < -0.3 is 24.1 Å².